The molecule has 1 saturated heterocycles. The number of rotatable bonds is 2. The lowest BCUT2D eigenvalue weighted by molar-refractivity contribution is 0.392. The molecular formula is C17H19N5. The number of nitrogens with one attached hydrogen (secondary N) is 2. The van der Waals surface area contributed by atoms with Gasteiger partial charge in [-0.05, 0) is 18.6 Å². The van der Waals surface area contributed by atoms with E-state index in [0.717, 1.165) is 30.4 Å². The van der Waals surface area contributed by atoms with E-state index in [4.69, 9.17) is 0 Å². The average molecular weight is 293 g/mol. The van der Waals surface area contributed by atoms with Gasteiger partial charge in [0, 0.05) is 25.3 Å². The molecule has 0 amide bonds. The second-order valence-electron chi connectivity index (χ2n) is 5.89. The van der Waals surface area contributed by atoms with Crippen LogP contribution in [0.5, 0.6) is 0 Å². The molecule has 0 bridgehead atoms. The van der Waals surface area contributed by atoms with Crippen LogP contribution in [0, 0.1) is 0 Å². The Bertz CT molecular complexity index is 723. The monoisotopic (exact) mass is 293 g/mol. The zero-order chi connectivity index (χ0) is 14.9. The van der Waals surface area contributed by atoms with Crippen molar-refractivity contribution in [2.24, 2.45) is 0 Å². The minimum Gasteiger partial charge on any atom is -0.339 e. The van der Waals surface area contributed by atoms with Crippen LogP contribution in [-0.2, 0) is 0 Å². The zero-order valence-corrected chi connectivity index (χ0v) is 12.5. The summed E-state index contributed by atoms with van der Waals surface area (Å²) in [6.45, 7) is 4.05. The third-order valence-electron chi connectivity index (χ3n) is 4.17. The number of anilines is 1. The number of nitrogens with zero attached hydrogens (tertiary/aromatic N) is 3. The Morgan fingerprint density at radius 1 is 1.09 bits per heavy atom. The Morgan fingerprint density at radius 3 is 2.82 bits per heavy atom. The maximum absolute atomic E-state index is 4.55. The van der Waals surface area contributed by atoms with Crippen LogP contribution in [0.1, 0.15) is 18.5 Å². The van der Waals surface area contributed by atoms with Crippen LogP contribution in [0.4, 0.5) is 5.95 Å². The van der Waals surface area contributed by atoms with E-state index in [0.29, 0.717) is 12.1 Å². The number of fused-ring (bicyclic) bond motifs is 1. The van der Waals surface area contributed by atoms with Crippen molar-refractivity contribution in [3.63, 3.8) is 0 Å². The normalized spacial score (nSPS) is 22.1. The van der Waals surface area contributed by atoms with Gasteiger partial charge in [0.25, 0.3) is 0 Å². The van der Waals surface area contributed by atoms with Crippen LogP contribution < -0.4 is 10.2 Å². The highest BCUT2D eigenvalue weighted by atomic mass is 15.3. The highest BCUT2D eigenvalue weighted by Crippen LogP contribution is 2.24. The fraction of sp³-hybridized carbons (Fsp3) is 0.294. The molecule has 22 heavy (non-hydrogen) atoms. The average Bonchev–Trinajstić information content (AvgIpc) is 3.02. The lowest BCUT2D eigenvalue weighted by atomic mass is 10.0. The third-order valence-corrected chi connectivity index (χ3v) is 4.17. The summed E-state index contributed by atoms with van der Waals surface area (Å²) in [7, 11) is 0. The van der Waals surface area contributed by atoms with Crippen molar-refractivity contribution >= 4 is 5.95 Å². The smallest absolute Gasteiger partial charge is 0.203 e. The summed E-state index contributed by atoms with van der Waals surface area (Å²) in [5.74, 6) is 0.912. The largest absolute Gasteiger partial charge is 0.339 e. The first-order valence-corrected chi connectivity index (χ1v) is 7.65. The zero-order valence-electron chi connectivity index (χ0n) is 12.5. The van der Waals surface area contributed by atoms with Crippen molar-refractivity contribution in [3.8, 4) is 11.4 Å². The molecule has 2 atom stereocenters. The molecule has 0 aromatic heterocycles. The molecule has 3 aliphatic rings. The maximum atomic E-state index is 4.55. The Kier molecular flexibility index (Phi) is 3.27. The molecule has 1 aromatic rings. The van der Waals surface area contributed by atoms with Crippen LogP contribution in [0.25, 0.3) is 11.4 Å². The Labute approximate surface area is 129 Å². The molecule has 0 aliphatic carbocycles. The molecule has 1 aromatic carbocycles. The Balaban J connectivity index is 1.63. The summed E-state index contributed by atoms with van der Waals surface area (Å²) in [6, 6.07) is 13.3. The number of hydrogen-bond acceptors (Lipinski definition) is 4. The standard InChI is InChI=1S/C17H19N5/c1-12-10-22(11-16(20-12)13-5-3-2-4-6-13)17-19-9-15-14(21-17)7-8-18-15/h2-9,12,16,20H,10-11H2,1H3,(H,19,21). The molecule has 0 saturated carbocycles. The van der Waals surface area contributed by atoms with Gasteiger partial charge in [-0.25, -0.2) is 4.98 Å². The minimum atomic E-state index is 0.314. The number of benzene rings is 1. The second kappa shape index (κ2) is 5.42. The number of piperazine rings is 1. The summed E-state index contributed by atoms with van der Waals surface area (Å²) >= 11 is 0. The molecule has 5 heteroatoms. The molecule has 2 unspecified atom stereocenters. The van der Waals surface area contributed by atoms with Gasteiger partial charge in [-0.2, -0.15) is 0 Å². The molecule has 0 spiro atoms. The van der Waals surface area contributed by atoms with Crippen molar-refractivity contribution in [2.75, 3.05) is 18.0 Å². The number of aromatic nitrogens is 3. The van der Waals surface area contributed by atoms with E-state index in [-0.39, 0.29) is 0 Å². The number of H-pyrrole nitrogens is 1. The van der Waals surface area contributed by atoms with Gasteiger partial charge in [0.1, 0.15) is 5.69 Å². The lowest BCUT2D eigenvalue weighted by Gasteiger charge is -2.38. The Hall–Kier alpha value is -2.40. The topological polar surface area (TPSA) is 56.8 Å². The van der Waals surface area contributed by atoms with Crippen molar-refractivity contribution < 1.29 is 0 Å². The van der Waals surface area contributed by atoms with Crippen LogP contribution >= 0.6 is 0 Å². The van der Waals surface area contributed by atoms with E-state index in [1.54, 1.807) is 6.20 Å². The molecule has 5 nitrogen and oxygen atoms in total. The van der Waals surface area contributed by atoms with Gasteiger partial charge in [0.05, 0.1) is 17.9 Å². The van der Waals surface area contributed by atoms with Gasteiger partial charge in [-0.15, -0.1) is 0 Å². The van der Waals surface area contributed by atoms with E-state index in [1.165, 1.54) is 5.56 Å². The minimum absolute atomic E-state index is 0.314. The first-order valence-electron chi connectivity index (χ1n) is 7.65. The summed E-state index contributed by atoms with van der Waals surface area (Å²) in [6.07, 6.45) is 3.64. The fourth-order valence-corrected chi connectivity index (χ4v) is 3.13. The maximum Gasteiger partial charge on any atom is 0.203 e. The van der Waals surface area contributed by atoms with E-state index < -0.39 is 0 Å². The quantitative estimate of drug-likeness (QED) is 0.762. The molecule has 3 aliphatic heterocycles. The third kappa shape index (κ3) is 2.44. The second-order valence-corrected chi connectivity index (χ2v) is 5.89. The van der Waals surface area contributed by atoms with Crippen molar-refractivity contribution in [1.82, 2.24) is 20.3 Å². The summed E-state index contributed by atoms with van der Waals surface area (Å²) in [4.78, 5) is 14.5. The first-order chi connectivity index (χ1) is 10.8. The van der Waals surface area contributed by atoms with Gasteiger partial charge in [-0.3, -0.25) is 4.98 Å². The SMILES string of the molecule is CC1CN(c2ncc3nccc-3[nH]2)CC(c2ccccc2)N1. The molecule has 112 valence electrons. The molecular weight excluding hydrogens is 274 g/mol. The van der Waals surface area contributed by atoms with Crippen LogP contribution in [0.3, 0.4) is 0 Å². The van der Waals surface area contributed by atoms with Gasteiger partial charge in [-0.1, -0.05) is 30.3 Å². The molecule has 2 N–H and O–H groups in total. The summed E-state index contributed by atoms with van der Waals surface area (Å²) in [5, 5.41) is 3.67. The molecule has 4 rings (SSSR count). The van der Waals surface area contributed by atoms with E-state index in [9.17, 15) is 0 Å². The van der Waals surface area contributed by atoms with Crippen LogP contribution in [-0.4, -0.2) is 34.1 Å². The van der Waals surface area contributed by atoms with E-state index in [1.807, 2.05) is 12.3 Å². The Morgan fingerprint density at radius 2 is 1.95 bits per heavy atom. The van der Waals surface area contributed by atoms with Crippen LogP contribution in [0.2, 0.25) is 0 Å². The van der Waals surface area contributed by atoms with E-state index >= 15 is 0 Å². The van der Waals surface area contributed by atoms with Crippen molar-refractivity contribution in [3.05, 3.63) is 54.4 Å². The molecule has 0 radical (unpaired) electrons. The van der Waals surface area contributed by atoms with Crippen molar-refractivity contribution in [2.45, 2.75) is 19.0 Å². The van der Waals surface area contributed by atoms with Gasteiger partial charge < -0.3 is 15.2 Å². The fourth-order valence-electron chi connectivity index (χ4n) is 3.13. The highest BCUT2D eigenvalue weighted by molar-refractivity contribution is 5.57. The predicted molar refractivity (Wildman–Crippen MR) is 87.0 cm³/mol. The first kappa shape index (κ1) is 13.3. The van der Waals surface area contributed by atoms with Crippen LogP contribution in [0.15, 0.2) is 48.8 Å². The number of hydrogen-bond donors (Lipinski definition) is 2. The van der Waals surface area contributed by atoms with Gasteiger partial charge in [0.15, 0.2) is 0 Å². The highest BCUT2D eigenvalue weighted by Gasteiger charge is 2.26. The summed E-state index contributed by atoms with van der Waals surface area (Å²) in [5.41, 5.74) is 3.26. The van der Waals surface area contributed by atoms with E-state index in [2.05, 4.69) is 62.4 Å². The van der Waals surface area contributed by atoms with Gasteiger partial charge >= 0.3 is 0 Å². The number of aromatic amines is 1. The molecule has 3 heterocycles. The summed E-state index contributed by atoms with van der Waals surface area (Å²) < 4.78 is 0. The van der Waals surface area contributed by atoms with Crippen molar-refractivity contribution in [1.29, 1.82) is 0 Å². The van der Waals surface area contributed by atoms with Gasteiger partial charge in [0.2, 0.25) is 5.95 Å². The lowest BCUT2D eigenvalue weighted by Crippen LogP contribution is -2.51. The molecule has 1 fully saturated rings. The predicted octanol–water partition coefficient (Wildman–Crippen LogP) is 2.45.